The van der Waals surface area contributed by atoms with Crippen molar-refractivity contribution in [3.05, 3.63) is 22.7 Å². The second-order valence-corrected chi connectivity index (χ2v) is 11.4. The molecular weight excluding hydrogens is 446 g/mol. The highest BCUT2D eigenvalue weighted by molar-refractivity contribution is 7.88. The molecule has 0 aliphatic carbocycles. The minimum atomic E-state index is -3.33. The summed E-state index contributed by atoms with van der Waals surface area (Å²) in [5.41, 5.74) is 1.80. The number of hydrogen-bond acceptors (Lipinski definition) is 6. The fourth-order valence-corrected chi connectivity index (χ4v) is 6.37. The molecule has 2 aromatic rings. The number of carbonyl (C=O) groups is 1. The molecule has 1 amide bonds. The number of rotatable bonds is 5. The van der Waals surface area contributed by atoms with E-state index in [-0.39, 0.29) is 18.6 Å². The Kier molecular flexibility index (Phi) is 6.37. The van der Waals surface area contributed by atoms with E-state index in [0.717, 1.165) is 28.6 Å². The highest BCUT2D eigenvalue weighted by atomic mass is 35.5. The van der Waals surface area contributed by atoms with Gasteiger partial charge in [0.1, 0.15) is 0 Å². The van der Waals surface area contributed by atoms with Gasteiger partial charge in [0, 0.05) is 19.7 Å². The molecule has 10 heteroatoms. The van der Waals surface area contributed by atoms with E-state index in [0.29, 0.717) is 42.7 Å². The van der Waals surface area contributed by atoms with Gasteiger partial charge in [0.2, 0.25) is 15.9 Å². The number of halogens is 1. The van der Waals surface area contributed by atoms with E-state index >= 15 is 0 Å². The number of ether oxygens (including phenoxy) is 1. The maximum Gasteiger partial charge on any atom is 0.233 e. The summed E-state index contributed by atoms with van der Waals surface area (Å²) in [6, 6.07) is 3.77. The van der Waals surface area contributed by atoms with Gasteiger partial charge in [-0.2, -0.15) is 0 Å². The maximum absolute atomic E-state index is 13.6. The lowest BCUT2D eigenvalue weighted by Crippen LogP contribution is -2.48. The quantitative estimate of drug-likeness (QED) is 0.667. The average molecular weight is 472 g/mol. The van der Waals surface area contributed by atoms with Crippen LogP contribution in [0.5, 0.6) is 0 Å². The van der Waals surface area contributed by atoms with Gasteiger partial charge in [-0.15, -0.1) is 0 Å². The molecule has 7 nitrogen and oxygen atoms in total. The molecule has 0 radical (unpaired) electrons. The van der Waals surface area contributed by atoms with Crippen LogP contribution in [-0.4, -0.2) is 62.2 Å². The summed E-state index contributed by atoms with van der Waals surface area (Å²) in [6.07, 6.45) is 4.37. The smallest absolute Gasteiger partial charge is 0.233 e. The minimum absolute atomic E-state index is 0.0351. The number of aryl methyl sites for hydroxylation is 1. The monoisotopic (exact) mass is 471 g/mol. The molecule has 2 aliphatic rings. The Morgan fingerprint density at radius 2 is 2.17 bits per heavy atom. The van der Waals surface area contributed by atoms with Crippen LogP contribution in [0, 0.1) is 12.8 Å². The Balaban J connectivity index is 1.67. The summed E-state index contributed by atoms with van der Waals surface area (Å²) >= 11 is 7.79. The Bertz CT molecular complexity index is 1010. The molecule has 2 aliphatic heterocycles. The standard InChI is InChI=1S/C20H26ClN3O4S2/c1-13-7-8-16(21)18-17(13)22-20(29-18)24(12-15-6-4-10-28-15)19(25)14-5-3-9-23(11-14)30(2,26)27/h7-8,14-15H,3-6,9-12H2,1-2H3. The van der Waals surface area contributed by atoms with Crippen LogP contribution in [0.15, 0.2) is 12.1 Å². The summed E-state index contributed by atoms with van der Waals surface area (Å²) in [7, 11) is -3.33. The van der Waals surface area contributed by atoms with Gasteiger partial charge in [0.15, 0.2) is 5.13 Å². The third-order valence-electron chi connectivity index (χ3n) is 5.80. The first-order valence-electron chi connectivity index (χ1n) is 10.2. The molecular formula is C20H26ClN3O4S2. The lowest BCUT2D eigenvalue weighted by molar-refractivity contribution is -0.123. The first-order chi connectivity index (χ1) is 14.2. The maximum atomic E-state index is 13.6. The number of amides is 1. The number of fused-ring (bicyclic) bond motifs is 1. The van der Waals surface area contributed by atoms with Crippen molar-refractivity contribution in [2.24, 2.45) is 5.92 Å². The third-order valence-corrected chi connectivity index (χ3v) is 8.60. The average Bonchev–Trinajstić information content (AvgIpc) is 3.38. The lowest BCUT2D eigenvalue weighted by atomic mass is 9.98. The molecule has 164 valence electrons. The number of thiazole rings is 1. The molecule has 2 atom stereocenters. The van der Waals surface area contributed by atoms with Crippen molar-refractivity contribution >= 4 is 54.2 Å². The Labute approximate surface area is 186 Å². The Morgan fingerprint density at radius 3 is 2.83 bits per heavy atom. The molecule has 0 N–H and O–H groups in total. The van der Waals surface area contributed by atoms with Crippen LogP contribution in [0.1, 0.15) is 31.2 Å². The van der Waals surface area contributed by atoms with E-state index in [9.17, 15) is 13.2 Å². The van der Waals surface area contributed by atoms with Crippen LogP contribution >= 0.6 is 22.9 Å². The predicted octanol–water partition coefficient (Wildman–Crippen LogP) is 3.44. The molecule has 1 aromatic heterocycles. The summed E-state index contributed by atoms with van der Waals surface area (Å²) in [5, 5.41) is 1.21. The van der Waals surface area contributed by atoms with E-state index in [1.54, 1.807) is 4.90 Å². The van der Waals surface area contributed by atoms with Crippen molar-refractivity contribution in [3.8, 4) is 0 Å². The predicted molar refractivity (Wildman–Crippen MR) is 120 cm³/mol. The summed E-state index contributed by atoms with van der Waals surface area (Å²) in [4.78, 5) is 20.0. The summed E-state index contributed by atoms with van der Waals surface area (Å²) < 4.78 is 32.1. The normalized spacial score (nSPS) is 23.2. The second kappa shape index (κ2) is 8.70. The minimum Gasteiger partial charge on any atom is -0.376 e. The van der Waals surface area contributed by atoms with Gasteiger partial charge in [-0.25, -0.2) is 17.7 Å². The fraction of sp³-hybridized carbons (Fsp3) is 0.600. The molecule has 0 spiro atoms. The molecule has 1 aromatic carbocycles. The number of hydrogen-bond donors (Lipinski definition) is 0. The van der Waals surface area contributed by atoms with Gasteiger partial charge in [-0.3, -0.25) is 9.69 Å². The first-order valence-corrected chi connectivity index (χ1v) is 13.2. The topological polar surface area (TPSA) is 79.8 Å². The highest BCUT2D eigenvalue weighted by Crippen LogP contribution is 2.37. The molecule has 0 saturated carbocycles. The third kappa shape index (κ3) is 4.50. The van der Waals surface area contributed by atoms with Gasteiger partial charge in [-0.1, -0.05) is 29.0 Å². The van der Waals surface area contributed by atoms with Crippen LogP contribution in [0.2, 0.25) is 5.02 Å². The number of nitrogens with zero attached hydrogens (tertiary/aromatic N) is 3. The van der Waals surface area contributed by atoms with Crippen LogP contribution in [-0.2, 0) is 19.6 Å². The molecule has 2 fully saturated rings. The van der Waals surface area contributed by atoms with Crippen molar-refractivity contribution < 1.29 is 17.9 Å². The zero-order chi connectivity index (χ0) is 21.5. The molecule has 3 heterocycles. The molecule has 0 bridgehead atoms. The van der Waals surface area contributed by atoms with Crippen molar-refractivity contribution in [3.63, 3.8) is 0 Å². The Hall–Kier alpha value is -1.26. The fourth-order valence-electron chi connectivity index (χ4n) is 4.13. The van der Waals surface area contributed by atoms with Gasteiger partial charge in [0.25, 0.3) is 0 Å². The van der Waals surface area contributed by atoms with Crippen LogP contribution < -0.4 is 4.90 Å². The second-order valence-electron chi connectivity index (χ2n) is 8.08. The number of aromatic nitrogens is 1. The number of sulfonamides is 1. The van der Waals surface area contributed by atoms with E-state index in [1.807, 2.05) is 19.1 Å². The van der Waals surface area contributed by atoms with Crippen LogP contribution in [0.4, 0.5) is 5.13 Å². The largest absolute Gasteiger partial charge is 0.376 e. The van der Waals surface area contributed by atoms with Crippen LogP contribution in [0.3, 0.4) is 0 Å². The van der Waals surface area contributed by atoms with Gasteiger partial charge >= 0.3 is 0 Å². The SMILES string of the molecule is Cc1ccc(Cl)c2sc(N(CC3CCCO3)C(=O)C3CCCN(S(C)(=O)=O)C3)nc12. The van der Waals surface area contributed by atoms with E-state index in [1.165, 1.54) is 21.9 Å². The van der Waals surface area contributed by atoms with Crippen molar-refractivity contribution in [1.29, 1.82) is 0 Å². The number of carbonyl (C=O) groups excluding carboxylic acids is 1. The zero-order valence-corrected chi connectivity index (χ0v) is 19.5. The van der Waals surface area contributed by atoms with Crippen molar-refractivity contribution in [1.82, 2.24) is 9.29 Å². The summed E-state index contributed by atoms with van der Waals surface area (Å²) in [6.45, 7) is 3.77. The molecule has 4 rings (SSSR count). The highest BCUT2D eigenvalue weighted by Gasteiger charge is 2.35. The molecule has 2 unspecified atom stereocenters. The van der Waals surface area contributed by atoms with E-state index in [2.05, 4.69) is 0 Å². The number of benzene rings is 1. The molecule has 2 saturated heterocycles. The molecule has 30 heavy (non-hydrogen) atoms. The van der Waals surface area contributed by atoms with Crippen molar-refractivity contribution in [2.75, 3.05) is 37.4 Å². The first kappa shape index (κ1) is 22.0. The summed E-state index contributed by atoms with van der Waals surface area (Å²) in [5.74, 6) is -0.481. The van der Waals surface area contributed by atoms with E-state index < -0.39 is 15.9 Å². The van der Waals surface area contributed by atoms with Gasteiger partial charge in [0.05, 0.1) is 40.1 Å². The van der Waals surface area contributed by atoms with Crippen LogP contribution in [0.25, 0.3) is 10.2 Å². The number of piperidine rings is 1. The van der Waals surface area contributed by atoms with Gasteiger partial charge in [-0.05, 0) is 44.2 Å². The Morgan fingerprint density at radius 1 is 1.37 bits per heavy atom. The van der Waals surface area contributed by atoms with E-state index in [4.69, 9.17) is 21.3 Å². The van der Waals surface area contributed by atoms with Gasteiger partial charge < -0.3 is 4.74 Å². The number of anilines is 1. The zero-order valence-electron chi connectivity index (χ0n) is 17.1. The lowest BCUT2D eigenvalue weighted by Gasteiger charge is -2.33. The van der Waals surface area contributed by atoms with Crippen molar-refractivity contribution in [2.45, 2.75) is 38.7 Å².